The van der Waals surface area contributed by atoms with Crippen LogP contribution in [0.1, 0.15) is 25.3 Å². The molecule has 1 N–H and O–H groups in total. The molecule has 0 aliphatic carbocycles. The van der Waals surface area contributed by atoms with Crippen molar-refractivity contribution in [3.05, 3.63) is 30.6 Å². The lowest BCUT2D eigenvalue weighted by molar-refractivity contribution is -0.192. The predicted octanol–water partition coefficient (Wildman–Crippen LogP) is 1.53. The van der Waals surface area contributed by atoms with Gasteiger partial charge in [0.25, 0.3) is 0 Å². The second kappa shape index (κ2) is 9.49. The maximum Gasteiger partial charge on any atom is 0.490 e. The van der Waals surface area contributed by atoms with Gasteiger partial charge in [0.15, 0.2) is 0 Å². The van der Waals surface area contributed by atoms with Gasteiger partial charge >= 0.3 is 12.1 Å². The molecule has 2 fully saturated rings. The van der Waals surface area contributed by atoms with Crippen LogP contribution in [0.5, 0.6) is 0 Å². The highest BCUT2D eigenvalue weighted by Gasteiger charge is 2.45. The van der Waals surface area contributed by atoms with Gasteiger partial charge in [-0.1, -0.05) is 0 Å². The summed E-state index contributed by atoms with van der Waals surface area (Å²) in [5.74, 6) is -1.38. The van der Waals surface area contributed by atoms with Crippen LogP contribution in [0.2, 0.25) is 0 Å². The fraction of sp³-hybridized carbons (Fsp3) is 0.579. The number of carbonyl (C=O) groups is 2. The molecule has 3 atom stereocenters. The lowest BCUT2D eigenvalue weighted by Crippen LogP contribution is -2.49. The molecule has 174 valence electrons. The van der Waals surface area contributed by atoms with Gasteiger partial charge in [-0.2, -0.15) is 18.3 Å². The molecule has 4 heterocycles. The first-order valence-electron chi connectivity index (χ1n) is 10.0. The molecule has 1 amide bonds. The number of anilines is 1. The van der Waals surface area contributed by atoms with Gasteiger partial charge in [0.05, 0.1) is 12.6 Å². The van der Waals surface area contributed by atoms with Crippen molar-refractivity contribution in [1.29, 1.82) is 0 Å². The summed E-state index contributed by atoms with van der Waals surface area (Å²) in [6.45, 7) is 6.14. The van der Waals surface area contributed by atoms with Crippen LogP contribution in [0.3, 0.4) is 0 Å². The molecular weight excluding hydrogens is 431 g/mol. The lowest BCUT2D eigenvalue weighted by atomic mass is 9.92. The number of amides is 1. The Hall–Kier alpha value is -3.25. The molecule has 2 saturated heterocycles. The minimum atomic E-state index is -5.08. The molecule has 2 aliphatic heterocycles. The fourth-order valence-electron chi connectivity index (χ4n) is 4.28. The molecule has 0 saturated carbocycles. The number of alkyl halides is 3. The van der Waals surface area contributed by atoms with Gasteiger partial charge in [-0.15, -0.1) is 0 Å². The topological polar surface area (TPSA) is 117 Å². The summed E-state index contributed by atoms with van der Waals surface area (Å²) < 4.78 is 33.6. The molecule has 2 aromatic rings. The lowest BCUT2D eigenvalue weighted by Gasteiger charge is -2.38. The fourth-order valence-corrected chi connectivity index (χ4v) is 4.28. The van der Waals surface area contributed by atoms with Crippen molar-refractivity contribution in [3.63, 3.8) is 0 Å². The number of nitrogens with zero attached hydrogens (tertiary/aromatic N) is 7. The Labute approximate surface area is 182 Å². The van der Waals surface area contributed by atoms with E-state index in [0.717, 1.165) is 37.4 Å². The van der Waals surface area contributed by atoms with E-state index in [4.69, 9.17) is 9.90 Å². The van der Waals surface area contributed by atoms with Crippen LogP contribution in [0.4, 0.5) is 19.1 Å². The smallest absolute Gasteiger partial charge is 0.475 e. The van der Waals surface area contributed by atoms with Crippen molar-refractivity contribution in [2.75, 3.05) is 18.0 Å². The number of hydrogen-bond acceptors (Lipinski definition) is 7. The van der Waals surface area contributed by atoms with Crippen molar-refractivity contribution in [2.24, 2.45) is 5.92 Å². The summed E-state index contributed by atoms with van der Waals surface area (Å²) in [5.41, 5.74) is 1.06. The average molecular weight is 455 g/mol. The highest BCUT2D eigenvalue weighted by atomic mass is 19.4. The van der Waals surface area contributed by atoms with Gasteiger partial charge in [0.1, 0.15) is 12.7 Å². The monoisotopic (exact) mass is 455 g/mol. The highest BCUT2D eigenvalue weighted by Crippen LogP contribution is 2.37. The number of rotatable bonds is 3. The van der Waals surface area contributed by atoms with Crippen LogP contribution < -0.4 is 4.90 Å². The quantitative estimate of drug-likeness (QED) is 0.741. The van der Waals surface area contributed by atoms with Crippen molar-refractivity contribution in [3.8, 4) is 0 Å². The SMILES string of the molecule is CC(=O)N1[C@H](Cn2cncn2)C[C@@H]2CN(c3ncc(C)cn3)CC[C@@H]21.O=C(O)C(F)(F)F. The molecule has 0 unspecified atom stereocenters. The molecule has 0 radical (unpaired) electrons. The van der Waals surface area contributed by atoms with E-state index >= 15 is 0 Å². The van der Waals surface area contributed by atoms with Gasteiger partial charge in [0, 0.05) is 38.4 Å². The van der Waals surface area contributed by atoms with Crippen LogP contribution in [0, 0.1) is 12.8 Å². The van der Waals surface area contributed by atoms with E-state index in [1.807, 2.05) is 24.0 Å². The van der Waals surface area contributed by atoms with Crippen LogP contribution in [-0.2, 0) is 16.1 Å². The Balaban J connectivity index is 0.000000360. The number of carboxylic acid groups (broad SMARTS) is 1. The van der Waals surface area contributed by atoms with E-state index in [1.165, 1.54) is 6.33 Å². The first-order valence-corrected chi connectivity index (χ1v) is 10.0. The van der Waals surface area contributed by atoms with Gasteiger partial charge in [-0.3, -0.25) is 9.48 Å². The highest BCUT2D eigenvalue weighted by molar-refractivity contribution is 5.74. The van der Waals surface area contributed by atoms with Crippen LogP contribution in [0.25, 0.3) is 0 Å². The first kappa shape index (κ1) is 23.4. The molecule has 13 heteroatoms. The van der Waals surface area contributed by atoms with Gasteiger partial charge in [0.2, 0.25) is 11.9 Å². The van der Waals surface area contributed by atoms with E-state index in [-0.39, 0.29) is 11.9 Å². The van der Waals surface area contributed by atoms with Crippen molar-refractivity contribution >= 4 is 17.8 Å². The molecule has 0 aromatic carbocycles. The number of fused-ring (bicyclic) bond motifs is 1. The van der Waals surface area contributed by atoms with Crippen molar-refractivity contribution < 1.29 is 27.9 Å². The number of aryl methyl sites for hydroxylation is 1. The third-order valence-corrected chi connectivity index (χ3v) is 5.54. The van der Waals surface area contributed by atoms with Crippen LogP contribution in [-0.4, -0.2) is 78.0 Å². The van der Waals surface area contributed by atoms with Crippen LogP contribution >= 0.6 is 0 Å². The maximum absolute atomic E-state index is 12.3. The number of carboxylic acids is 1. The Morgan fingerprint density at radius 2 is 1.91 bits per heavy atom. The molecule has 0 spiro atoms. The summed E-state index contributed by atoms with van der Waals surface area (Å²) in [6.07, 6.45) is 3.82. The summed E-state index contributed by atoms with van der Waals surface area (Å²) in [5, 5.41) is 11.3. The molecule has 4 rings (SSSR count). The zero-order chi connectivity index (χ0) is 23.5. The van der Waals surface area contributed by atoms with Gasteiger partial charge < -0.3 is 14.9 Å². The number of aliphatic carboxylic acids is 1. The minimum Gasteiger partial charge on any atom is -0.475 e. The van der Waals surface area contributed by atoms with E-state index in [0.29, 0.717) is 18.5 Å². The predicted molar refractivity (Wildman–Crippen MR) is 106 cm³/mol. The minimum absolute atomic E-state index is 0.151. The standard InChI is InChI=1S/C17H23N7O.C2HF3O2/c1-12-6-19-17(20-7-12)22-4-3-16-14(8-22)5-15(24(16)13(2)25)9-23-11-18-10-21-23;3-2(4,5)1(6)7/h6-7,10-11,14-16H,3-5,8-9H2,1-2H3;(H,6,7)/t14-,15+,16+;/m1./s1. The number of likely N-dealkylation sites (tertiary alicyclic amines) is 1. The van der Waals surface area contributed by atoms with E-state index < -0.39 is 12.1 Å². The number of hydrogen-bond donors (Lipinski definition) is 1. The summed E-state index contributed by atoms with van der Waals surface area (Å²) in [6, 6.07) is 0.473. The normalized spacial score (nSPS) is 22.7. The molecule has 0 bridgehead atoms. The van der Waals surface area contributed by atoms with E-state index in [2.05, 4.69) is 29.9 Å². The number of carbonyl (C=O) groups excluding carboxylic acids is 1. The van der Waals surface area contributed by atoms with E-state index in [9.17, 15) is 18.0 Å². The Kier molecular flexibility index (Phi) is 6.94. The maximum atomic E-state index is 12.3. The first-order chi connectivity index (χ1) is 15.1. The molecule has 32 heavy (non-hydrogen) atoms. The molecule has 10 nitrogen and oxygen atoms in total. The second-order valence-corrected chi connectivity index (χ2v) is 7.86. The van der Waals surface area contributed by atoms with Crippen molar-refractivity contribution in [1.82, 2.24) is 29.6 Å². The second-order valence-electron chi connectivity index (χ2n) is 7.86. The summed E-state index contributed by atoms with van der Waals surface area (Å²) in [4.78, 5) is 38.4. The van der Waals surface area contributed by atoms with E-state index in [1.54, 1.807) is 13.3 Å². The third-order valence-electron chi connectivity index (χ3n) is 5.54. The largest absolute Gasteiger partial charge is 0.490 e. The zero-order valence-corrected chi connectivity index (χ0v) is 17.6. The van der Waals surface area contributed by atoms with Gasteiger partial charge in [-0.25, -0.2) is 19.7 Å². The summed E-state index contributed by atoms with van der Waals surface area (Å²) >= 11 is 0. The number of halogens is 3. The van der Waals surface area contributed by atoms with Crippen molar-refractivity contribution in [2.45, 2.75) is 51.5 Å². The van der Waals surface area contributed by atoms with Gasteiger partial charge in [-0.05, 0) is 31.2 Å². The number of piperidine rings is 1. The van der Waals surface area contributed by atoms with Crippen LogP contribution in [0.15, 0.2) is 25.0 Å². The Morgan fingerprint density at radius 1 is 1.25 bits per heavy atom. The molecular formula is C19H24F3N7O3. The Morgan fingerprint density at radius 3 is 2.44 bits per heavy atom. The zero-order valence-electron chi connectivity index (χ0n) is 17.6. The number of aromatic nitrogens is 5. The Bertz CT molecular complexity index is 921. The third kappa shape index (κ3) is 5.51. The summed E-state index contributed by atoms with van der Waals surface area (Å²) in [7, 11) is 0. The average Bonchev–Trinajstić information content (AvgIpc) is 3.35. The molecule has 2 aliphatic rings. The molecule has 2 aromatic heterocycles.